The van der Waals surface area contributed by atoms with Crippen LogP contribution in [-0.4, -0.2) is 15.7 Å². The van der Waals surface area contributed by atoms with E-state index < -0.39 is 5.91 Å². The lowest BCUT2D eigenvalue weighted by molar-refractivity contribution is 0.0921. The molecule has 0 saturated heterocycles. The van der Waals surface area contributed by atoms with Crippen LogP contribution in [0.4, 0.5) is 0 Å². The normalized spacial score (nSPS) is 10.8. The third kappa shape index (κ3) is 3.00. The number of furan rings is 1. The number of nitrogens with one attached hydrogen (secondary N) is 1. The number of amides is 1. The molecule has 108 valence electrons. The van der Waals surface area contributed by atoms with Gasteiger partial charge in [-0.05, 0) is 26.8 Å². The van der Waals surface area contributed by atoms with Crippen LogP contribution in [0.25, 0.3) is 0 Å². The average Bonchev–Trinajstić information content (AvgIpc) is 3.02. The van der Waals surface area contributed by atoms with Crippen molar-refractivity contribution in [2.75, 3.05) is 0 Å². The van der Waals surface area contributed by atoms with Crippen LogP contribution < -0.4 is 16.0 Å². The minimum absolute atomic E-state index is 0.198. The Balaban J connectivity index is 2.01. The molecule has 1 amide bonds. The van der Waals surface area contributed by atoms with E-state index in [9.17, 15) is 4.79 Å². The number of nitrogens with zero attached hydrogens (tertiary/aromatic N) is 2. The molecule has 7 heteroatoms. The summed E-state index contributed by atoms with van der Waals surface area (Å²) in [5.74, 6) is 6.02. The van der Waals surface area contributed by atoms with E-state index in [1.807, 2.05) is 25.5 Å². The van der Waals surface area contributed by atoms with Gasteiger partial charge in [-0.25, -0.2) is 5.84 Å². The Labute approximate surface area is 116 Å². The first kappa shape index (κ1) is 14.1. The molecule has 20 heavy (non-hydrogen) atoms. The summed E-state index contributed by atoms with van der Waals surface area (Å²) in [5.41, 5.74) is 2.75. The van der Waals surface area contributed by atoms with Gasteiger partial charge >= 0.3 is 5.91 Å². The van der Waals surface area contributed by atoms with Gasteiger partial charge in [0.2, 0.25) is 0 Å². The first-order valence-electron chi connectivity index (χ1n) is 6.28. The lowest BCUT2D eigenvalue weighted by atomic mass is 10.2. The topological polar surface area (TPSA) is 95.3 Å². The maximum atomic E-state index is 11.4. The van der Waals surface area contributed by atoms with Crippen LogP contribution in [-0.2, 0) is 6.61 Å². The first-order valence-corrected chi connectivity index (χ1v) is 6.28. The SMILES string of the molecule is Cc1cc(COc2cnn(C(C)C)c2)oc1C(=O)NN. The Kier molecular flexibility index (Phi) is 4.09. The van der Waals surface area contributed by atoms with Crippen molar-refractivity contribution in [1.82, 2.24) is 15.2 Å². The Bertz CT molecular complexity index is 601. The van der Waals surface area contributed by atoms with Gasteiger partial charge < -0.3 is 9.15 Å². The molecule has 0 radical (unpaired) electrons. The fraction of sp³-hybridized carbons (Fsp3) is 0.385. The Morgan fingerprint density at radius 1 is 1.60 bits per heavy atom. The van der Waals surface area contributed by atoms with E-state index in [0.717, 1.165) is 0 Å². The number of carbonyl (C=O) groups is 1. The van der Waals surface area contributed by atoms with E-state index >= 15 is 0 Å². The van der Waals surface area contributed by atoms with Crippen LogP contribution in [0.2, 0.25) is 0 Å². The van der Waals surface area contributed by atoms with Gasteiger partial charge in [0, 0.05) is 11.6 Å². The average molecular weight is 278 g/mol. The molecule has 7 nitrogen and oxygen atoms in total. The molecule has 2 heterocycles. The summed E-state index contributed by atoms with van der Waals surface area (Å²) in [6.07, 6.45) is 3.46. The third-order valence-electron chi connectivity index (χ3n) is 2.79. The van der Waals surface area contributed by atoms with Crippen molar-refractivity contribution in [3.8, 4) is 5.75 Å². The van der Waals surface area contributed by atoms with E-state index in [1.54, 1.807) is 23.9 Å². The van der Waals surface area contributed by atoms with Crippen molar-refractivity contribution in [2.45, 2.75) is 33.4 Å². The highest BCUT2D eigenvalue weighted by atomic mass is 16.5. The molecular formula is C13H18N4O3. The largest absolute Gasteiger partial charge is 0.482 e. The number of carbonyl (C=O) groups excluding carboxylic acids is 1. The Morgan fingerprint density at radius 3 is 2.95 bits per heavy atom. The quantitative estimate of drug-likeness (QED) is 0.491. The molecule has 0 fully saturated rings. The summed E-state index contributed by atoms with van der Waals surface area (Å²) in [6, 6.07) is 2.02. The van der Waals surface area contributed by atoms with E-state index in [1.165, 1.54) is 0 Å². The standard InChI is InChI=1S/C13H18N4O3/c1-8(2)17-6-11(5-15-17)19-7-10-4-9(3)12(20-10)13(18)16-14/h4-6,8H,7,14H2,1-3H3,(H,16,18). The highest BCUT2D eigenvalue weighted by Gasteiger charge is 2.15. The van der Waals surface area contributed by atoms with Crippen molar-refractivity contribution >= 4 is 5.91 Å². The molecule has 0 aromatic carbocycles. The van der Waals surface area contributed by atoms with Gasteiger partial charge in [-0.1, -0.05) is 0 Å². The van der Waals surface area contributed by atoms with Crippen LogP contribution in [0.1, 0.15) is 41.8 Å². The number of rotatable bonds is 5. The molecule has 0 aliphatic rings. The minimum atomic E-state index is -0.457. The highest BCUT2D eigenvalue weighted by Crippen LogP contribution is 2.18. The number of hydrazine groups is 1. The zero-order chi connectivity index (χ0) is 14.7. The fourth-order valence-electron chi connectivity index (χ4n) is 1.74. The van der Waals surface area contributed by atoms with E-state index in [2.05, 4.69) is 5.10 Å². The van der Waals surface area contributed by atoms with Gasteiger partial charge in [0.1, 0.15) is 12.4 Å². The molecule has 0 bridgehead atoms. The van der Waals surface area contributed by atoms with Gasteiger partial charge in [-0.2, -0.15) is 5.10 Å². The van der Waals surface area contributed by atoms with Crippen molar-refractivity contribution in [3.05, 3.63) is 35.5 Å². The van der Waals surface area contributed by atoms with Crippen molar-refractivity contribution in [2.24, 2.45) is 5.84 Å². The minimum Gasteiger partial charge on any atom is -0.482 e. The lowest BCUT2D eigenvalue weighted by Crippen LogP contribution is -2.30. The molecule has 0 spiro atoms. The van der Waals surface area contributed by atoms with E-state index in [4.69, 9.17) is 15.0 Å². The third-order valence-corrected chi connectivity index (χ3v) is 2.79. The van der Waals surface area contributed by atoms with Crippen LogP contribution in [0.15, 0.2) is 22.9 Å². The molecule has 0 aliphatic heterocycles. The summed E-state index contributed by atoms with van der Waals surface area (Å²) in [5, 5.41) is 4.17. The summed E-state index contributed by atoms with van der Waals surface area (Å²) < 4.78 is 12.8. The first-order chi connectivity index (χ1) is 9.51. The highest BCUT2D eigenvalue weighted by molar-refractivity contribution is 5.92. The van der Waals surface area contributed by atoms with Gasteiger partial charge in [-0.15, -0.1) is 0 Å². The number of aromatic nitrogens is 2. The smallest absolute Gasteiger partial charge is 0.301 e. The summed E-state index contributed by atoms with van der Waals surface area (Å²) >= 11 is 0. The number of ether oxygens (including phenoxy) is 1. The van der Waals surface area contributed by atoms with Gasteiger partial charge in [0.15, 0.2) is 11.5 Å². The fourth-order valence-corrected chi connectivity index (χ4v) is 1.74. The number of hydrogen-bond acceptors (Lipinski definition) is 5. The predicted octanol–water partition coefficient (Wildman–Crippen LogP) is 1.55. The molecule has 0 aliphatic carbocycles. The van der Waals surface area contributed by atoms with Gasteiger partial charge in [0.05, 0.1) is 12.4 Å². The molecule has 3 N–H and O–H groups in total. The molecular weight excluding hydrogens is 260 g/mol. The zero-order valence-electron chi connectivity index (χ0n) is 11.7. The molecule has 0 atom stereocenters. The van der Waals surface area contributed by atoms with Crippen LogP contribution in [0.3, 0.4) is 0 Å². The second kappa shape index (κ2) is 5.79. The predicted molar refractivity (Wildman–Crippen MR) is 72.0 cm³/mol. The number of nitrogen functional groups attached to an aromatic ring is 1. The van der Waals surface area contributed by atoms with Crippen LogP contribution in [0.5, 0.6) is 5.75 Å². The monoisotopic (exact) mass is 278 g/mol. The van der Waals surface area contributed by atoms with E-state index in [-0.39, 0.29) is 18.4 Å². The second-order valence-corrected chi connectivity index (χ2v) is 4.74. The summed E-state index contributed by atoms with van der Waals surface area (Å²) in [7, 11) is 0. The zero-order valence-corrected chi connectivity index (χ0v) is 11.7. The Hall–Kier alpha value is -2.28. The molecule has 2 aromatic rings. The van der Waals surface area contributed by atoms with E-state index in [0.29, 0.717) is 17.1 Å². The van der Waals surface area contributed by atoms with Gasteiger partial charge in [-0.3, -0.25) is 14.9 Å². The summed E-state index contributed by atoms with van der Waals surface area (Å²) in [6.45, 7) is 6.06. The number of nitrogens with two attached hydrogens (primary N) is 1. The molecule has 2 aromatic heterocycles. The number of aryl methyl sites for hydroxylation is 1. The van der Waals surface area contributed by atoms with Crippen LogP contribution in [0, 0.1) is 6.92 Å². The van der Waals surface area contributed by atoms with Crippen LogP contribution >= 0.6 is 0 Å². The maximum absolute atomic E-state index is 11.4. The molecule has 0 saturated carbocycles. The maximum Gasteiger partial charge on any atom is 0.301 e. The lowest BCUT2D eigenvalue weighted by Gasteiger charge is -2.03. The molecule has 0 unspecified atom stereocenters. The van der Waals surface area contributed by atoms with Crippen molar-refractivity contribution < 1.29 is 13.9 Å². The van der Waals surface area contributed by atoms with Gasteiger partial charge in [0.25, 0.3) is 0 Å². The summed E-state index contributed by atoms with van der Waals surface area (Å²) in [4.78, 5) is 11.4. The second-order valence-electron chi connectivity index (χ2n) is 4.74. The Morgan fingerprint density at radius 2 is 2.35 bits per heavy atom. The van der Waals surface area contributed by atoms with Crippen molar-refractivity contribution in [1.29, 1.82) is 0 Å². The molecule has 2 rings (SSSR count). The number of hydrogen-bond donors (Lipinski definition) is 2. The van der Waals surface area contributed by atoms with Crippen molar-refractivity contribution in [3.63, 3.8) is 0 Å².